The molecule has 0 radical (unpaired) electrons. The van der Waals surface area contributed by atoms with Crippen LogP contribution < -0.4 is 16.5 Å². The second kappa shape index (κ2) is 6.33. The molecular formula is C11H11F3N4OS. The van der Waals surface area contributed by atoms with Crippen molar-refractivity contribution in [1.29, 1.82) is 0 Å². The van der Waals surface area contributed by atoms with Crippen molar-refractivity contribution in [2.24, 2.45) is 10.8 Å². The van der Waals surface area contributed by atoms with Gasteiger partial charge >= 0.3 is 12.1 Å². The molecule has 0 aromatic heterocycles. The molecule has 1 rings (SSSR count). The number of halogens is 3. The van der Waals surface area contributed by atoms with Crippen LogP contribution in [-0.2, 0) is 4.79 Å². The molecule has 0 saturated carbocycles. The summed E-state index contributed by atoms with van der Waals surface area (Å²) in [7, 11) is 0. The highest BCUT2D eigenvalue weighted by atomic mass is 32.1. The lowest BCUT2D eigenvalue weighted by atomic mass is 10.1. The van der Waals surface area contributed by atoms with Gasteiger partial charge in [-0.3, -0.25) is 10.2 Å². The Kier molecular flexibility index (Phi) is 5.03. The molecule has 1 amide bonds. The van der Waals surface area contributed by atoms with Gasteiger partial charge in [0.1, 0.15) is 0 Å². The third-order valence-corrected chi connectivity index (χ3v) is 2.24. The normalized spacial score (nSPS) is 11.9. The standard InChI is InChI=1S/C11H11F3N4OS/c1-6(17-18-10(15)20)7-2-4-8(5-3-7)16-9(19)11(12,13)14/h2-5H,1H3,(H,16,19)(H3,15,18,20)/b17-6+. The van der Waals surface area contributed by atoms with E-state index in [2.05, 4.69) is 22.7 Å². The summed E-state index contributed by atoms with van der Waals surface area (Å²) in [5.74, 6) is -2.02. The van der Waals surface area contributed by atoms with Crippen molar-refractivity contribution in [3.63, 3.8) is 0 Å². The summed E-state index contributed by atoms with van der Waals surface area (Å²) in [5, 5.41) is 5.59. The van der Waals surface area contributed by atoms with Crippen molar-refractivity contribution in [2.75, 3.05) is 5.32 Å². The molecule has 9 heteroatoms. The van der Waals surface area contributed by atoms with Gasteiger partial charge in [0.05, 0.1) is 5.71 Å². The molecule has 0 bridgehead atoms. The first-order valence-corrected chi connectivity index (χ1v) is 5.69. The van der Waals surface area contributed by atoms with Gasteiger partial charge < -0.3 is 11.1 Å². The lowest BCUT2D eigenvalue weighted by Crippen LogP contribution is -2.29. The van der Waals surface area contributed by atoms with Gasteiger partial charge in [-0.15, -0.1) is 0 Å². The molecule has 0 aliphatic carbocycles. The fourth-order valence-electron chi connectivity index (χ4n) is 1.20. The molecule has 0 heterocycles. The van der Waals surface area contributed by atoms with E-state index in [4.69, 9.17) is 5.73 Å². The zero-order chi connectivity index (χ0) is 15.3. The Morgan fingerprint density at radius 1 is 1.30 bits per heavy atom. The van der Waals surface area contributed by atoms with Crippen LogP contribution in [0.4, 0.5) is 18.9 Å². The third-order valence-electron chi connectivity index (χ3n) is 2.15. The Labute approximate surface area is 118 Å². The number of benzene rings is 1. The van der Waals surface area contributed by atoms with Crippen LogP contribution in [0.1, 0.15) is 12.5 Å². The van der Waals surface area contributed by atoms with E-state index in [1.54, 1.807) is 12.2 Å². The highest BCUT2D eigenvalue weighted by Crippen LogP contribution is 2.18. The van der Waals surface area contributed by atoms with E-state index < -0.39 is 12.1 Å². The van der Waals surface area contributed by atoms with E-state index in [1.807, 2.05) is 0 Å². The predicted molar refractivity (Wildman–Crippen MR) is 73.3 cm³/mol. The zero-order valence-electron chi connectivity index (χ0n) is 10.3. The Morgan fingerprint density at radius 3 is 2.30 bits per heavy atom. The molecular weight excluding hydrogens is 293 g/mol. The van der Waals surface area contributed by atoms with Crippen LogP contribution in [0.25, 0.3) is 0 Å². The number of nitrogens with one attached hydrogen (secondary N) is 2. The zero-order valence-corrected chi connectivity index (χ0v) is 11.1. The summed E-state index contributed by atoms with van der Waals surface area (Å²) >= 11 is 4.57. The summed E-state index contributed by atoms with van der Waals surface area (Å²) in [6, 6.07) is 5.68. The summed E-state index contributed by atoms with van der Waals surface area (Å²) in [4.78, 5) is 10.7. The first kappa shape index (κ1) is 15.9. The number of anilines is 1. The second-order valence-corrected chi connectivity index (χ2v) is 4.14. The smallest absolute Gasteiger partial charge is 0.375 e. The third kappa shape index (κ3) is 4.84. The highest BCUT2D eigenvalue weighted by molar-refractivity contribution is 7.80. The molecule has 0 aliphatic rings. The number of hydrazone groups is 1. The van der Waals surface area contributed by atoms with Crippen LogP contribution >= 0.6 is 12.2 Å². The van der Waals surface area contributed by atoms with Gasteiger partial charge in [-0.1, -0.05) is 12.1 Å². The quantitative estimate of drug-likeness (QED) is 0.451. The van der Waals surface area contributed by atoms with Crippen molar-refractivity contribution < 1.29 is 18.0 Å². The van der Waals surface area contributed by atoms with Crippen molar-refractivity contribution in [1.82, 2.24) is 5.43 Å². The molecule has 1 aromatic rings. The topological polar surface area (TPSA) is 79.5 Å². The van der Waals surface area contributed by atoms with Gasteiger partial charge in [0.15, 0.2) is 5.11 Å². The van der Waals surface area contributed by atoms with E-state index in [9.17, 15) is 18.0 Å². The molecule has 0 saturated heterocycles. The number of alkyl halides is 3. The summed E-state index contributed by atoms with van der Waals surface area (Å²) in [6.07, 6.45) is -4.92. The van der Waals surface area contributed by atoms with Gasteiger partial charge in [-0.2, -0.15) is 18.3 Å². The van der Waals surface area contributed by atoms with E-state index in [0.717, 1.165) is 0 Å². The molecule has 20 heavy (non-hydrogen) atoms. The summed E-state index contributed by atoms with van der Waals surface area (Å²) in [6.45, 7) is 1.66. The summed E-state index contributed by atoms with van der Waals surface area (Å²) in [5.41, 5.74) is 8.79. The van der Waals surface area contributed by atoms with E-state index >= 15 is 0 Å². The number of carbonyl (C=O) groups is 1. The van der Waals surface area contributed by atoms with Crippen LogP contribution in [0.15, 0.2) is 29.4 Å². The van der Waals surface area contributed by atoms with Gasteiger partial charge in [0.25, 0.3) is 0 Å². The van der Waals surface area contributed by atoms with E-state index in [-0.39, 0.29) is 10.8 Å². The molecule has 108 valence electrons. The van der Waals surface area contributed by atoms with Crippen molar-refractivity contribution >= 4 is 34.6 Å². The van der Waals surface area contributed by atoms with Gasteiger partial charge in [-0.25, -0.2) is 0 Å². The fraction of sp³-hybridized carbons (Fsp3) is 0.182. The van der Waals surface area contributed by atoms with Crippen LogP contribution in [0.2, 0.25) is 0 Å². The average Bonchev–Trinajstić information content (AvgIpc) is 2.35. The maximum absolute atomic E-state index is 12.1. The number of hydrogen-bond donors (Lipinski definition) is 3. The lowest BCUT2D eigenvalue weighted by Gasteiger charge is -2.08. The molecule has 0 fully saturated rings. The van der Waals surface area contributed by atoms with Crippen LogP contribution in [-0.4, -0.2) is 22.9 Å². The van der Waals surface area contributed by atoms with Gasteiger partial charge in [0.2, 0.25) is 0 Å². The number of nitrogens with two attached hydrogens (primary N) is 1. The number of hydrogen-bond acceptors (Lipinski definition) is 3. The number of nitrogens with zero attached hydrogens (tertiary/aromatic N) is 1. The fourth-order valence-corrected chi connectivity index (χ4v) is 1.25. The summed E-state index contributed by atoms with van der Waals surface area (Å²) < 4.78 is 36.2. The monoisotopic (exact) mass is 304 g/mol. The molecule has 4 N–H and O–H groups in total. The predicted octanol–water partition coefficient (Wildman–Crippen LogP) is 1.74. The van der Waals surface area contributed by atoms with Gasteiger partial charge in [0, 0.05) is 5.69 Å². The van der Waals surface area contributed by atoms with E-state index in [1.165, 1.54) is 24.3 Å². The number of rotatable bonds is 3. The van der Waals surface area contributed by atoms with Gasteiger partial charge in [-0.05, 0) is 36.8 Å². The Hall–Kier alpha value is -2.16. The first-order chi connectivity index (χ1) is 9.20. The number of carbonyl (C=O) groups excluding carboxylic acids is 1. The molecule has 0 atom stereocenters. The molecule has 5 nitrogen and oxygen atoms in total. The first-order valence-electron chi connectivity index (χ1n) is 5.28. The van der Waals surface area contributed by atoms with Crippen LogP contribution in [0, 0.1) is 0 Å². The molecule has 1 aromatic carbocycles. The highest BCUT2D eigenvalue weighted by Gasteiger charge is 2.38. The Bertz CT molecular complexity index is 540. The van der Waals surface area contributed by atoms with Crippen molar-refractivity contribution in [3.8, 4) is 0 Å². The number of thiocarbonyl (C=S) groups is 1. The maximum Gasteiger partial charge on any atom is 0.471 e. The molecule has 0 unspecified atom stereocenters. The Balaban J connectivity index is 2.77. The number of amides is 1. The minimum absolute atomic E-state index is 0.00147. The largest absolute Gasteiger partial charge is 0.471 e. The van der Waals surface area contributed by atoms with Crippen LogP contribution in [0.5, 0.6) is 0 Å². The second-order valence-electron chi connectivity index (χ2n) is 3.70. The molecule has 0 spiro atoms. The SMILES string of the molecule is C/C(=N\NC(N)=S)c1ccc(NC(=O)C(F)(F)F)cc1. The maximum atomic E-state index is 12.1. The van der Waals surface area contributed by atoms with E-state index in [0.29, 0.717) is 11.3 Å². The minimum atomic E-state index is -4.92. The molecule has 0 aliphatic heterocycles. The Morgan fingerprint density at radius 2 is 1.85 bits per heavy atom. The average molecular weight is 304 g/mol. The van der Waals surface area contributed by atoms with Crippen LogP contribution in [0.3, 0.4) is 0 Å². The van der Waals surface area contributed by atoms with Crippen molar-refractivity contribution in [3.05, 3.63) is 29.8 Å². The lowest BCUT2D eigenvalue weighted by molar-refractivity contribution is -0.167. The van der Waals surface area contributed by atoms with Crippen molar-refractivity contribution in [2.45, 2.75) is 13.1 Å². The minimum Gasteiger partial charge on any atom is -0.375 e.